The number of aromatic nitrogens is 2. The fourth-order valence-electron chi connectivity index (χ4n) is 1.17. The zero-order valence-corrected chi connectivity index (χ0v) is 9.99. The minimum Gasteiger partial charge on any atom is -0.448 e. The summed E-state index contributed by atoms with van der Waals surface area (Å²) in [6.07, 6.45) is 5.62. The van der Waals surface area contributed by atoms with E-state index in [0.717, 1.165) is 10.7 Å². The van der Waals surface area contributed by atoms with Gasteiger partial charge in [0.1, 0.15) is 11.9 Å². The Labute approximate surface area is 105 Å². The number of rotatable bonds is 3. The molecule has 0 N–H and O–H groups in total. The minimum atomic E-state index is -0.548. The molecule has 6 nitrogen and oxygen atoms in total. The van der Waals surface area contributed by atoms with Gasteiger partial charge in [-0.25, -0.2) is 0 Å². The molecule has 0 aliphatic carbocycles. The largest absolute Gasteiger partial charge is 0.448 e. The first-order valence-corrected chi connectivity index (χ1v) is 5.33. The summed E-state index contributed by atoms with van der Waals surface area (Å²) in [7, 11) is 0. The Morgan fingerprint density at radius 1 is 1.29 bits per heavy atom. The van der Waals surface area contributed by atoms with E-state index in [9.17, 15) is 10.1 Å². The quantitative estimate of drug-likeness (QED) is 0.642. The van der Waals surface area contributed by atoms with Crippen molar-refractivity contribution in [1.82, 2.24) is 9.97 Å². The van der Waals surface area contributed by atoms with E-state index in [1.54, 1.807) is 12.3 Å². The number of hydrogen-bond donors (Lipinski definition) is 0. The molecule has 0 aliphatic heterocycles. The summed E-state index contributed by atoms with van der Waals surface area (Å²) in [5.74, 6) is 0.540. The molecule has 0 saturated heterocycles. The second-order valence-electron chi connectivity index (χ2n) is 3.04. The lowest BCUT2D eigenvalue weighted by Crippen LogP contribution is -1.94. The molecular weight excluding hydrogens is 290 g/mol. The lowest BCUT2D eigenvalue weighted by atomic mass is 10.4. The normalized spacial score (nSPS) is 9.94. The molecular formula is C10H6BrN3O3. The van der Waals surface area contributed by atoms with Gasteiger partial charge in [-0.2, -0.15) is 0 Å². The minimum absolute atomic E-state index is 0.130. The van der Waals surface area contributed by atoms with Gasteiger partial charge in [-0.15, -0.1) is 0 Å². The monoisotopic (exact) mass is 295 g/mol. The topological polar surface area (TPSA) is 78.2 Å². The van der Waals surface area contributed by atoms with Gasteiger partial charge < -0.3 is 4.74 Å². The van der Waals surface area contributed by atoms with Crippen LogP contribution in [0, 0.1) is 10.1 Å². The van der Waals surface area contributed by atoms with E-state index in [-0.39, 0.29) is 11.4 Å². The highest BCUT2D eigenvalue weighted by Crippen LogP contribution is 2.30. The van der Waals surface area contributed by atoms with Crippen LogP contribution in [0.4, 0.5) is 5.69 Å². The first kappa shape index (κ1) is 11.5. The Morgan fingerprint density at radius 3 is 2.82 bits per heavy atom. The van der Waals surface area contributed by atoms with E-state index >= 15 is 0 Å². The molecule has 2 aromatic heterocycles. The van der Waals surface area contributed by atoms with E-state index in [0.29, 0.717) is 5.75 Å². The van der Waals surface area contributed by atoms with Crippen LogP contribution in [-0.4, -0.2) is 14.9 Å². The first-order chi connectivity index (χ1) is 8.16. The summed E-state index contributed by atoms with van der Waals surface area (Å²) in [5, 5.41) is 10.7. The number of nitro groups is 1. The molecule has 0 amide bonds. The van der Waals surface area contributed by atoms with Crippen molar-refractivity contribution in [3.05, 3.63) is 51.5 Å². The zero-order chi connectivity index (χ0) is 12.3. The maximum Gasteiger partial charge on any atom is 0.329 e. The van der Waals surface area contributed by atoms with Gasteiger partial charge in [0, 0.05) is 22.9 Å². The molecule has 0 bridgehead atoms. The molecule has 2 heterocycles. The molecule has 7 heteroatoms. The van der Waals surface area contributed by atoms with Crippen LogP contribution in [0.15, 0.2) is 41.4 Å². The second kappa shape index (κ2) is 4.88. The van der Waals surface area contributed by atoms with Crippen molar-refractivity contribution in [1.29, 1.82) is 0 Å². The summed E-state index contributed by atoms with van der Waals surface area (Å²) < 4.78 is 6.11. The van der Waals surface area contributed by atoms with Crippen molar-refractivity contribution < 1.29 is 9.66 Å². The highest BCUT2D eigenvalue weighted by Gasteiger charge is 2.15. The molecule has 0 aromatic carbocycles. The van der Waals surface area contributed by atoms with Crippen molar-refractivity contribution in [3.63, 3.8) is 0 Å². The first-order valence-electron chi connectivity index (χ1n) is 4.53. The summed E-state index contributed by atoms with van der Waals surface area (Å²) in [6.45, 7) is 0. The van der Waals surface area contributed by atoms with Crippen LogP contribution in [0.1, 0.15) is 0 Å². The van der Waals surface area contributed by atoms with Crippen LogP contribution in [0.25, 0.3) is 0 Å². The predicted molar refractivity (Wildman–Crippen MR) is 62.9 cm³/mol. The van der Waals surface area contributed by atoms with Crippen LogP contribution >= 0.6 is 15.9 Å². The zero-order valence-electron chi connectivity index (χ0n) is 8.41. The van der Waals surface area contributed by atoms with E-state index in [2.05, 4.69) is 25.9 Å². The van der Waals surface area contributed by atoms with Crippen LogP contribution in [0.3, 0.4) is 0 Å². The lowest BCUT2D eigenvalue weighted by Gasteiger charge is -2.05. The third kappa shape index (κ3) is 2.76. The number of nitrogens with zero attached hydrogens (tertiary/aromatic N) is 3. The van der Waals surface area contributed by atoms with Crippen LogP contribution in [0.5, 0.6) is 11.5 Å². The van der Waals surface area contributed by atoms with Crippen LogP contribution < -0.4 is 4.74 Å². The summed E-state index contributed by atoms with van der Waals surface area (Å²) in [5.41, 5.74) is -0.188. The predicted octanol–water partition coefficient (Wildman–Crippen LogP) is 2.94. The molecule has 0 unspecified atom stereocenters. The van der Waals surface area contributed by atoms with Crippen LogP contribution in [0.2, 0.25) is 0 Å². The van der Waals surface area contributed by atoms with Gasteiger partial charge in [0.15, 0.2) is 0 Å². The highest BCUT2D eigenvalue weighted by molar-refractivity contribution is 9.10. The smallest absolute Gasteiger partial charge is 0.329 e. The molecule has 0 saturated carbocycles. The maximum atomic E-state index is 10.7. The fraction of sp³-hybridized carbons (Fsp3) is 0. The van der Waals surface area contributed by atoms with Gasteiger partial charge >= 0.3 is 5.69 Å². The Balaban J connectivity index is 2.33. The van der Waals surface area contributed by atoms with Gasteiger partial charge in [-0.05, 0) is 22.0 Å². The third-order valence-electron chi connectivity index (χ3n) is 1.87. The van der Waals surface area contributed by atoms with Crippen LogP contribution in [-0.2, 0) is 0 Å². The standard InChI is InChI=1S/C10H6BrN3O3/c11-7-3-8(5-13-4-7)17-10-1-2-12-6-9(10)14(15)16/h1-6H. The van der Waals surface area contributed by atoms with Gasteiger partial charge in [0.25, 0.3) is 0 Å². The van der Waals surface area contributed by atoms with Crippen molar-refractivity contribution in [3.8, 4) is 11.5 Å². The van der Waals surface area contributed by atoms with Crippen molar-refractivity contribution in [2.45, 2.75) is 0 Å². The van der Waals surface area contributed by atoms with E-state index in [1.165, 1.54) is 18.5 Å². The van der Waals surface area contributed by atoms with E-state index in [4.69, 9.17) is 4.74 Å². The molecule has 0 radical (unpaired) electrons. The molecule has 0 atom stereocenters. The highest BCUT2D eigenvalue weighted by atomic mass is 79.9. The molecule has 17 heavy (non-hydrogen) atoms. The summed E-state index contributed by atoms with van der Waals surface area (Å²) in [6, 6.07) is 3.09. The lowest BCUT2D eigenvalue weighted by molar-refractivity contribution is -0.386. The molecule has 0 spiro atoms. The van der Waals surface area contributed by atoms with Gasteiger partial charge in [0.2, 0.25) is 5.75 Å². The third-order valence-corrected chi connectivity index (χ3v) is 2.30. The number of ether oxygens (including phenoxy) is 1. The maximum absolute atomic E-state index is 10.7. The van der Waals surface area contributed by atoms with Crippen molar-refractivity contribution in [2.24, 2.45) is 0 Å². The molecule has 2 rings (SSSR count). The number of halogens is 1. The van der Waals surface area contributed by atoms with Gasteiger partial charge in [-0.3, -0.25) is 20.1 Å². The average molecular weight is 296 g/mol. The molecule has 0 fully saturated rings. The SMILES string of the molecule is O=[N+]([O-])c1cnccc1Oc1cncc(Br)c1. The Kier molecular flexibility index (Phi) is 3.29. The summed E-state index contributed by atoms with van der Waals surface area (Å²) >= 11 is 3.23. The van der Waals surface area contributed by atoms with Crippen molar-refractivity contribution >= 4 is 21.6 Å². The van der Waals surface area contributed by atoms with E-state index in [1.807, 2.05) is 0 Å². The molecule has 0 aliphatic rings. The number of hydrogen-bond acceptors (Lipinski definition) is 5. The summed E-state index contributed by atoms with van der Waals surface area (Å²) in [4.78, 5) is 17.8. The van der Waals surface area contributed by atoms with E-state index < -0.39 is 4.92 Å². The Morgan fingerprint density at radius 2 is 2.12 bits per heavy atom. The average Bonchev–Trinajstić information content (AvgIpc) is 2.29. The van der Waals surface area contributed by atoms with Crippen molar-refractivity contribution in [2.75, 3.05) is 0 Å². The fourth-order valence-corrected chi connectivity index (χ4v) is 1.52. The molecule has 2 aromatic rings. The second-order valence-corrected chi connectivity index (χ2v) is 3.96. The Bertz CT molecular complexity index is 562. The number of pyridine rings is 2. The Hall–Kier alpha value is -2.02. The molecule has 86 valence electrons. The van der Waals surface area contributed by atoms with Gasteiger partial charge in [-0.1, -0.05) is 0 Å². The van der Waals surface area contributed by atoms with Gasteiger partial charge in [0.05, 0.1) is 11.1 Å².